The van der Waals surface area contributed by atoms with Gasteiger partial charge >= 0.3 is 5.97 Å². The van der Waals surface area contributed by atoms with Crippen LogP contribution in [0.1, 0.15) is 40.1 Å². The van der Waals surface area contributed by atoms with Gasteiger partial charge in [-0.3, -0.25) is 9.78 Å². The van der Waals surface area contributed by atoms with Gasteiger partial charge in [0.1, 0.15) is 5.69 Å². The molecule has 0 bridgehead atoms. The zero-order valence-corrected chi connectivity index (χ0v) is 10.9. The molecule has 0 unspecified atom stereocenters. The Bertz CT molecular complexity index is 448. The van der Waals surface area contributed by atoms with Crippen molar-refractivity contribution in [3.8, 4) is 0 Å². The second-order valence-corrected chi connectivity index (χ2v) is 4.22. The van der Waals surface area contributed by atoms with E-state index in [-0.39, 0.29) is 17.9 Å². The molecule has 0 aliphatic heterocycles. The SMILES string of the molecule is CN(CCCCCO)C(=O)c1ncccc1C(=O)O. The number of unbranched alkanes of at least 4 members (excludes halogenated alkanes) is 2. The number of carboxylic acids is 1. The summed E-state index contributed by atoms with van der Waals surface area (Å²) < 4.78 is 0. The number of aromatic nitrogens is 1. The highest BCUT2D eigenvalue weighted by atomic mass is 16.4. The Morgan fingerprint density at radius 2 is 2.05 bits per heavy atom. The second kappa shape index (κ2) is 7.48. The van der Waals surface area contributed by atoms with E-state index in [0.29, 0.717) is 13.0 Å². The average Bonchev–Trinajstić information content (AvgIpc) is 2.42. The van der Waals surface area contributed by atoms with Crippen molar-refractivity contribution < 1.29 is 19.8 Å². The molecule has 1 aromatic heterocycles. The van der Waals surface area contributed by atoms with Crippen LogP contribution >= 0.6 is 0 Å². The fraction of sp³-hybridized carbons (Fsp3) is 0.462. The number of amides is 1. The van der Waals surface area contributed by atoms with Gasteiger partial charge in [-0.25, -0.2) is 4.79 Å². The molecule has 1 aromatic rings. The second-order valence-electron chi connectivity index (χ2n) is 4.22. The van der Waals surface area contributed by atoms with Gasteiger partial charge in [-0.2, -0.15) is 0 Å². The Labute approximate surface area is 111 Å². The minimum absolute atomic E-state index is 0.0420. The quantitative estimate of drug-likeness (QED) is 0.719. The van der Waals surface area contributed by atoms with E-state index in [9.17, 15) is 9.59 Å². The van der Waals surface area contributed by atoms with Gasteiger partial charge in [0.25, 0.3) is 5.91 Å². The summed E-state index contributed by atoms with van der Waals surface area (Å²) in [4.78, 5) is 28.4. The number of carbonyl (C=O) groups excluding carboxylic acids is 1. The first-order valence-electron chi connectivity index (χ1n) is 6.12. The lowest BCUT2D eigenvalue weighted by Gasteiger charge is -2.17. The van der Waals surface area contributed by atoms with Crippen LogP contribution in [0.3, 0.4) is 0 Å². The van der Waals surface area contributed by atoms with Gasteiger partial charge in [0, 0.05) is 26.4 Å². The van der Waals surface area contributed by atoms with Gasteiger partial charge in [0.15, 0.2) is 0 Å². The van der Waals surface area contributed by atoms with Crippen LogP contribution in [0, 0.1) is 0 Å². The molecule has 0 aromatic carbocycles. The number of pyridine rings is 1. The van der Waals surface area contributed by atoms with Gasteiger partial charge in [-0.15, -0.1) is 0 Å². The lowest BCUT2D eigenvalue weighted by Crippen LogP contribution is -2.30. The third-order valence-electron chi connectivity index (χ3n) is 2.74. The zero-order chi connectivity index (χ0) is 14.3. The first kappa shape index (κ1) is 15.1. The lowest BCUT2D eigenvalue weighted by atomic mass is 10.1. The van der Waals surface area contributed by atoms with Crippen molar-refractivity contribution in [1.29, 1.82) is 0 Å². The van der Waals surface area contributed by atoms with E-state index in [2.05, 4.69) is 4.98 Å². The summed E-state index contributed by atoms with van der Waals surface area (Å²) in [6.45, 7) is 0.648. The van der Waals surface area contributed by atoms with Gasteiger partial charge in [0.2, 0.25) is 0 Å². The van der Waals surface area contributed by atoms with Crippen LogP contribution in [0.25, 0.3) is 0 Å². The number of nitrogens with zero attached hydrogens (tertiary/aromatic N) is 2. The van der Waals surface area contributed by atoms with Gasteiger partial charge in [-0.05, 0) is 31.4 Å². The van der Waals surface area contributed by atoms with Crippen LogP contribution < -0.4 is 0 Å². The van der Waals surface area contributed by atoms with Crippen molar-refractivity contribution in [3.05, 3.63) is 29.6 Å². The first-order chi connectivity index (χ1) is 9.07. The van der Waals surface area contributed by atoms with E-state index in [1.165, 1.54) is 23.2 Å². The number of aromatic carboxylic acids is 1. The van der Waals surface area contributed by atoms with E-state index in [1.807, 2.05) is 0 Å². The van der Waals surface area contributed by atoms with Crippen molar-refractivity contribution in [2.45, 2.75) is 19.3 Å². The van der Waals surface area contributed by atoms with Crippen molar-refractivity contribution in [2.75, 3.05) is 20.2 Å². The van der Waals surface area contributed by atoms with E-state index < -0.39 is 11.9 Å². The Kier molecular flexibility index (Phi) is 5.95. The van der Waals surface area contributed by atoms with E-state index in [4.69, 9.17) is 10.2 Å². The highest BCUT2D eigenvalue weighted by Crippen LogP contribution is 2.09. The highest BCUT2D eigenvalue weighted by Gasteiger charge is 2.20. The molecule has 0 radical (unpaired) electrons. The topological polar surface area (TPSA) is 90.7 Å². The minimum Gasteiger partial charge on any atom is -0.478 e. The Morgan fingerprint density at radius 1 is 1.32 bits per heavy atom. The molecule has 1 amide bonds. The largest absolute Gasteiger partial charge is 0.478 e. The van der Waals surface area contributed by atoms with Crippen LogP contribution in [0.4, 0.5) is 0 Å². The molecule has 0 atom stereocenters. The standard InChI is InChI=1S/C13H18N2O4/c1-15(8-3-2-4-9-16)12(17)11-10(13(18)19)6-5-7-14-11/h5-7,16H,2-4,8-9H2,1H3,(H,18,19). The molecule has 1 rings (SSSR count). The molecule has 1 heterocycles. The molecular weight excluding hydrogens is 248 g/mol. The van der Waals surface area contributed by atoms with Crippen molar-refractivity contribution in [2.24, 2.45) is 0 Å². The predicted molar refractivity (Wildman–Crippen MR) is 69.1 cm³/mol. The van der Waals surface area contributed by atoms with Crippen LogP contribution in [-0.4, -0.2) is 52.2 Å². The van der Waals surface area contributed by atoms with Crippen LogP contribution in [0.2, 0.25) is 0 Å². The normalized spacial score (nSPS) is 10.2. The number of rotatable bonds is 7. The fourth-order valence-electron chi connectivity index (χ4n) is 1.67. The molecule has 2 N–H and O–H groups in total. The maximum Gasteiger partial charge on any atom is 0.338 e. The molecule has 6 nitrogen and oxygen atoms in total. The maximum atomic E-state index is 12.1. The molecule has 0 spiro atoms. The summed E-state index contributed by atoms with van der Waals surface area (Å²) >= 11 is 0. The summed E-state index contributed by atoms with van der Waals surface area (Å²) in [5, 5.41) is 17.7. The fourth-order valence-corrected chi connectivity index (χ4v) is 1.67. The first-order valence-corrected chi connectivity index (χ1v) is 6.12. The summed E-state index contributed by atoms with van der Waals surface area (Å²) in [7, 11) is 1.61. The maximum absolute atomic E-state index is 12.1. The minimum atomic E-state index is -1.16. The van der Waals surface area contributed by atoms with E-state index in [0.717, 1.165) is 12.8 Å². The van der Waals surface area contributed by atoms with Crippen LogP contribution in [-0.2, 0) is 0 Å². The number of hydrogen-bond donors (Lipinski definition) is 2. The van der Waals surface area contributed by atoms with Crippen molar-refractivity contribution in [3.63, 3.8) is 0 Å². The number of aliphatic hydroxyl groups is 1. The molecule has 0 fully saturated rings. The number of carbonyl (C=O) groups is 2. The van der Waals surface area contributed by atoms with Gasteiger partial charge in [-0.1, -0.05) is 0 Å². The van der Waals surface area contributed by atoms with Crippen molar-refractivity contribution in [1.82, 2.24) is 9.88 Å². The smallest absolute Gasteiger partial charge is 0.338 e. The molecule has 0 aliphatic carbocycles. The summed E-state index contributed by atoms with van der Waals surface area (Å²) in [6.07, 6.45) is 3.69. The van der Waals surface area contributed by atoms with Gasteiger partial charge < -0.3 is 15.1 Å². The zero-order valence-electron chi connectivity index (χ0n) is 10.9. The summed E-state index contributed by atoms with van der Waals surface area (Å²) in [5.41, 5.74) is -0.130. The Balaban J connectivity index is 2.69. The Hall–Kier alpha value is -1.95. The molecule has 104 valence electrons. The highest BCUT2D eigenvalue weighted by molar-refractivity contribution is 6.03. The molecule has 19 heavy (non-hydrogen) atoms. The third kappa shape index (κ3) is 4.33. The monoisotopic (exact) mass is 266 g/mol. The van der Waals surface area contributed by atoms with Crippen LogP contribution in [0.5, 0.6) is 0 Å². The molecule has 0 saturated carbocycles. The summed E-state index contributed by atoms with van der Waals surface area (Å²) in [5.74, 6) is -1.56. The molecule has 0 aliphatic rings. The van der Waals surface area contributed by atoms with Crippen LogP contribution in [0.15, 0.2) is 18.3 Å². The third-order valence-corrected chi connectivity index (χ3v) is 2.74. The predicted octanol–water partition coefficient (Wildman–Crippen LogP) is 1.01. The Morgan fingerprint density at radius 3 is 2.68 bits per heavy atom. The number of aliphatic hydroxyl groups excluding tert-OH is 1. The molecule has 0 saturated heterocycles. The average molecular weight is 266 g/mol. The van der Waals surface area contributed by atoms with Crippen molar-refractivity contribution >= 4 is 11.9 Å². The molecule has 6 heteroatoms. The lowest BCUT2D eigenvalue weighted by molar-refractivity contribution is 0.0679. The number of carboxylic acid groups (broad SMARTS) is 1. The van der Waals surface area contributed by atoms with E-state index >= 15 is 0 Å². The number of hydrogen-bond acceptors (Lipinski definition) is 4. The van der Waals surface area contributed by atoms with Gasteiger partial charge in [0.05, 0.1) is 5.56 Å². The molecular formula is C13H18N2O4. The van der Waals surface area contributed by atoms with E-state index in [1.54, 1.807) is 7.05 Å². The summed E-state index contributed by atoms with van der Waals surface area (Å²) in [6, 6.07) is 2.85.